The Morgan fingerprint density at radius 1 is 1.44 bits per heavy atom. The lowest BCUT2D eigenvalue weighted by Gasteiger charge is -2.06. The summed E-state index contributed by atoms with van der Waals surface area (Å²) in [6, 6.07) is 2.13. The van der Waals surface area contributed by atoms with E-state index in [0.29, 0.717) is 5.69 Å². The molecule has 0 saturated carbocycles. The molecular formula is C13H16N4O. The van der Waals surface area contributed by atoms with Gasteiger partial charge in [0.15, 0.2) is 5.65 Å². The summed E-state index contributed by atoms with van der Waals surface area (Å²) in [6.45, 7) is 5.90. The van der Waals surface area contributed by atoms with Crippen LogP contribution in [0.1, 0.15) is 26.8 Å². The molecule has 5 heteroatoms. The van der Waals surface area contributed by atoms with E-state index < -0.39 is 0 Å². The molecule has 0 aliphatic rings. The fourth-order valence-electron chi connectivity index (χ4n) is 1.72. The predicted octanol–water partition coefficient (Wildman–Crippen LogP) is 2.53. The van der Waals surface area contributed by atoms with E-state index in [1.54, 1.807) is 25.4 Å². The number of hydrogen-bond acceptors (Lipinski definition) is 3. The lowest BCUT2D eigenvalue weighted by molar-refractivity contribution is -0.111. The van der Waals surface area contributed by atoms with Gasteiger partial charge in [-0.15, -0.1) is 0 Å². The maximum atomic E-state index is 11.4. The second-order valence-corrected chi connectivity index (χ2v) is 4.31. The van der Waals surface area contributed by atoms with Crippen molar-refractivity contribution < 1.29 is 4.79 Å². The molecule has 0 spiro atoms. The van der Waals surface area contributed by atoms with Gasteiger partial charge in [-0.2, -0.15) is 5.10 Å². The topological polar surface area (TPSA) is 59.8 Å². The van der Waals surface area contributed by atoms with Crippen molar-refractivity contribution in [3.05, 3.63) is 30.6 Å². The Labute approximate surface area is 106 Å². The smallest absolute Gasteiger partial charge is 0.248 e. The van der Waals surface area contributed by atoms with E-state index >= 15 is 0 Å². The number of carbonyl (C=O) groups is 1. The molecule has 0 radical (unpaired) electrons. The first-order valence-corrected chi connectivity index (χ1v) is 5.88. The van der Waals surface area contributed by atoms with Crippen LogP contribution in [0, 0.1) is 0 Å². The Hall–Kier alpha value is -2.17. The normalized spacial score (nSPS) is 11.6. The van der Waals surface area contributed by atoms with E-state index in [4.69, 9.17) is 0 Å². The molecule has 1 N–H and O–H groups in total. The number of fused-ring (bicyclic) bond motifs is 1. The number of nitrogens with zero attached hydrogens (tertiary/aromatic N) is 3. The van der Waals surface area contributed by atoms with E-state index in [1.165, 1.54) is 6.08 Å². The maximum Gasteiger partial charge on any atom is 0.248 e. The van der Waals surface area contributed by atoms with Crippen LogP contribution >= 0.6 is 0 Å². The molecule has 94 valence electrons. The molecule has 0 aliphatic carbocycles. The SMILES string of the molecule is CC=CC(=O)Nc1cnc2c(cnn2C(C)C)c1. The number of carbonyl (C=O) groups excluding carboxylic acids is 1. The average molecular weight is 244 g/mol. The Bertz CT molecular complexity index is 598. The zero-order valence-electron chi connectivity index (χ0n) is 10.7. The van der Waals surface area contributed by atoms with Crippen molar-refractivity contribution in [1.82, 2.24) is 14.8 Å². The van der Waals surface area contributed by atoms with Gasteiger partial charge in [0.1, 0.15) is 0 Å². The van der Waals surface area contributed by atoms with Gasteiger partial charge in [-0.3, -0.25) is 4.79 Å². The minimum atomic E-state index is -0.157. The van der Waals surface area contributed by atoms with Crippen LogP contribution < -0.4 is 5.32 Å². The number of anilines is 1. The van der Waals surface area contributed by atoms with Gasteiger partial charge in [0.05, 0.1) is 18.1 Å². The fourth-order valence-corrected chi connectivity index (χ4v) is 1.72. The van der Waals surface area contributed by atoms with E-state index in [1.807, 2.05) is 10.7 Å². The van der Waals surface area contributed by atoms with Gasteiger partial charge in [0, 0.05) is 11.4 Å². The van der Waals surface area contributed by atoms with Crippen LogP contribution in [-0.2, 0) is 4.79 Å². The minimum absolute atomic E-state index is 0.157. The largest absolute Gasteiger partial charge is 0.321 e. The Morgan fingerprint density at radius 3 is 2.89 bits per heavy atom. The van der Waals surface area contributed by atoms with E-state index in [0.717, 1.165) is 11.0 Å². The summed E-state index contributed by atoms with van der Waals surface area (Å²) in [5, 5.41) is 7.95. The van der Waals surface area contributed by atoms with Gasteiger partial charge < -0.3 is 5.32 Å². The van der Waals surface area contributed by atoms with Gasteiger partial charge in [-0.25, -0.2) is 9.67 Å². The molecule has 18 heavy (non-hydrogen) atoms. The molecular weight excluding hydrogens is 228 g/mol. The summed E-state index contributed by atoms with van der Waals surface area (Å²) >= 11 is 0. The highest BCUT2D eigenvalue weighted by molar-refractivity contribution is 6.00. The summed E-state index contributed by atoms with van der Waals surface area (Å²) in [6.07, 6.45) is 6.57. The molecule has 0 atom stereocenters. The minimum Gasteiger partial charge on any atom is -0.321 e. The maximum absolute atomic E-state index is 11.4. The average Bonchev–Trinajstić information content (AvgIpc) is 2.72. The van der Waals surface area contributed by atoms with Gasteiger partial charge in [-0.1, -0.05) is 6.08 Å². The monoisotopic (exact) mass is 244 g/mol. The van der Waals surface area contributed by atoms with Crippen molar-refractivity contribution in [2.24, 2.45) is 0 Å². The number of amides is 1. The fraction of sp³-hybridized carbons (Fsp3) is 0.308. The van der Waals surface area contributed by atoms with Crippen molar-refractivity contribution >= 4 is 22.6 Å². The molecule has 2 heterocycles. The van der Waals surface area contributed by atoms with Gasteiger partial charge in [0.2, 0.25) is 5.91 Å². The van der Waals surface area contributed by atoms with E-state index in [9.17, 15) is 4.79 Å². The van der Waals surface area contributed by atoms with Gasteiger partial charge in [-0.05, 0) is 32.9 Å². The highest BCUT2D eigenvalue weighted by atomic mass is 16.1. The second-order valence-electron chi connectivity index (χ2n) is 4.31. The third kappa shape index (κ3) is 2.40. The third-order valence-corrected chi connectivity index (χ3v) is 2.51. The third-order valence-electron chi connectivity index (χ3n) is 2.51. The molecule has 2 aromatic heterocycles. The van der Waals surface area contributed by atoms with Crippen LogP contribution in [0.2, 0.25) is 0 Å². The molecule has 2 aromatic rings. The van der Waals surface area contributed by atoms with Crippen molar-refractivity contribution in [2.45, 2.75) is 26.8 Å². The summed E-state index contributed by atoms with van der Waals surface area (Å²) in [5.41, 5.74) is 1.50. The van der Waals surface area contributed by atoms with Crippen molar-refractivity contribution in [3.8, 4) is 0 Å². The Morgan fingerprint density at radius 2 is 2.22 bits per heavy atom. The van der Waals surface area contributed by atoms with E-state index in [-0.39, 0.29) is 11.9 Å². The van der Waals surface area contributed by atoms with Crippen LogP contribution in [0.25, 0.3) is 11.0 Å². The molecule has 1 amide bonds. The lowest BCUT2D eigenvalue weighted by atomic mass is 10.3. The first-order valence-electron chi connectivity index (χ1n) is 5.88. The number of aromatic nitrogens is 3. The molecule has 0 bridgehead atoms. The molecule has 0 aromatic carbocycles. The quantitative estimate of drug-likeness (QED) is 0.844. The van der Waals surface area contributed by atoms with Gasteiger partial charge >= 0.3 is 0 Å². The first kappa shape index (κ1) is 12.3. The highest BCUT2D eigenvalue weighted by Gasteiger charge is 2.08. The Balaban J connectivity index is 2.31. The van der Waals surface area contributed by atoms with Crippen LogP contribution in [0.4, 0.5) is 5.69 Å². The van der Waals surface area contributed by atoms with Crippen molar-refractivity contribution in [2.75, 3.05) is 5.32 Å². The molecule has 0 unspecified atom stereocenters. The molecule has 0 fully saturated rings. The van der Waals surface area contributed by atoms with Crippen molar-refractivity contribution in [1.29, 1.82) is 0 Å². The number of rotatable bonds is 3. The lowest BCUT2D eigenvalue weighted by Crippen LogP contribution is -2.08. The predicted molar refractivity (Wildman–Crippen MR) is 71.4 cm³/mol. The van der Waals surface area contributed by atoms with Crippen LogP contribution in [0.15, 0.2) is 30.6 Å². The number of nitrogens with one attached hydrogen (secondary N) is 1. The molecule has 0 aliphatic heterocycles. The zero-order valence-corrected chi connectivity index (χ0v) is 10.7. The Kier molecular flexibility index (Phi) is 3.41. The second kappa shape index (κ2) is 5.00. The molecule has 5 nitrogen and oxygen atoms in total. The molecule has 2 rings (SSSR count). The summed E-state index contributed by atoms with van der Waals surface area (Å²) < 4.78 is 1.85. The van der Waals surface area contributed by atoms with Crippen LogP contribution in [0.5, 0.6) is 0 Å². The number of allylic oxidation sites excluding steroid dienone is 1. The standard InChI is InChI=1S/C13H16N4O/c1-4-5-12(18)16-11-6-10-7-15-17(9(2)3)13(10)14-8-11/h4-9H,1-3H3,(H,16,18). The van der Waals surface area contributed by atoms with Gasteiger partial charge in [0.25, 0.3) is 0 Å². The number of pyridine rings is 1. The number of hydrogen-bond donors (Lipinski definition) is 1. The van der Waals surface area contributed by atoms with Crippen LogP contribution in [-0.4, -0.2) is 20.7 Å². The highest BCUT2D eigenvalue weighted by Crippen LogP contribution is 2.18. The van der Waals surface area contributed by atoms with Crippen LogP contribution in [0.3, 0.4) is 0 Å². The summed E-state index contributed by atoms with van der Waals surface area (Å²) in [5.74, 6) is -0.157. The molecule has 0 saturated heterocycles. The van der Waals surface area contributed by atoms with E-state index in [2.05, 4.69) is 29.2 Å². The van der Waals surface area contributed by atoms with Crippen molar-refractivity contribution in [3.63, 3.8) is 0 Å². The summed E-state index contributed by atoms with van der Waals surface area (Å²) in [4.78, 5) is 15.8. The zero-order chi connectivity index (χ0) is 13.1. The first-order chi connectivity index (χ1) is 8.61. The summed E-state index contributed by atoms with van der Waals surface area (Å²) in [7, 11) is 0.